The first-order valence-corrected chi connectivity index (χ1v) is 11.4. The van der Waals surface area contributed by atoms with Gasteiger partial charge in [0, 0.05) is 55.9 Å². The van der Waals surface area contributed by atoms with Gasteiger partial charge in [-0.2, -0.15) is 4.98 Å². The Balaban J connectivity index is 1.44. The third kappa shape index (κ3) is 6.25. The molecule has 0 aliphatic carbocycles. The van der Waals surface area contributed by atoms with E-state index >= 15 is 0 Å². The second kappa shape index (κ2) is 11.1. The molecule has 4 rings (SSSR count). The minimum Gasteiger partial charge on any atom is -0.369 e. The van der Waals surface area contributed by atoms with E-state index in [4.69, 9.17) is 11.5 Å². The Hall–Kier alpha value is -4.39. The highest BCUT2D eigenvalue weighted by molar-refractivity contribution is 5.97. The highest BCUT2D eigenvalue weighted by atomic mass is 19.2. The fraction of sp³-hybridized carbons (Fsp3) is 0.250. The third-order valence-corrected chi connectivity index (χ3v) is 5.87. The van der Waals surface area contributed by atoms with Gasteiger partial charge in [0.1, 0.15) is 11.6 Å². The van der Waals surface area contributed by atoms with E-state index in [9.17, 15) is 22.8 Å². The number of rotatable bonds is 9. The van der Waals surface area contributed by atoms with Gasteiger partial charge >= 0.3 is 0 Å². The fourth-order valence-electron chi connectivity index (χ4n) is 3.93. The van der Waals surface area contributed by atoms with Gasteiger partial charge in [0.25, 0.3) is 5.91 Å². The van der Waals surface area contributed by atoms with E-state index in [-0.39, 0.29) is 29.8 Å². The van der Waals surface area contributed by atoms with E-state index < -0.39 is 35.5 Å². The van der Waals surface area contributed by atoms with Gasteiger partial charge in [-0.25, -0.2) is 18.2 Å². The van der Waals surface area contributed by atoms with Crippen LogP contribution in [0.2, 0.25) is 0 Å². The minimum atomic E-state index is -1.34. The van der Waals surface area contributed by atoms with Crippen LogP contribution in [0.15, 0.2) is 42.6 Å². The van der Waals surface area contributed by atoms with Gasteiger partial charge < -0.3 is 27.0 Å². The molecule has 1 fully saturated rings. The lowest BCUT2D eigenvalue weighted by molar-refractivity contribution is -0.119. The monoisotopic (exact) mass is 514 g/mol. The van der Waals surface area contributed by atoms with E-state index in [2.05, 4.69) is 25.5 Å². The predicted molar refractivity (Wildman–Crippen MR) is 132 cm³/mol. The summed E-state index contributed by atoms with van der Waals surface area (Å²) in [5.74, 6) is -4.66. The average Bonchev–Trinajstić information content (AvgIpc) is 2.87. The molecule has 37 heavy (non-hydrogen) atoms. The van der Waals surface area contributed by atoms with Crippen molar-refractivity contribution in [2.75, 3.05) is 48.3 Å². The summed E-state index contributed by atoms with van der Waals surface area (Å²) in [6.45, 7) is 2.71. The molecule has 0 spiro atoms. The number of benzene rings is 2. The number of nitrogens with zero attached hydrogens (tertiary/aromatic N) is 4. The van der Waals surface area contributed by atoms with Crippen molar-refractivity contribution in [3.63, 3.8) is 0 Å². The number of nitrogens with one attached hydrogen (secondary N) is 2. The lowest BCUT2D eigenvalue weighted by atomic mass is 10.2. The van der Waals surface area contributed by atoms with E-state index in [1.807, 2.05) is 29.2 Å². The van der Waals surface area contributed by atoms with Crippen molar-refractivity contribution in [2.45, 2.75) is 6.54 Å². The van der Waals surface area contributed by atoms with Crippen LogP contribution in [0.3, 0.4) is 0 Å². The Morgan fingerprint density at radius 2 is 1.62 bits per heavy atom. The molecule has 0 radical (unpaired) electrons. The summed E-state index contributed by atoms with van der Waals surface area (Å²) >= 11 is 0. The molecule has 0 saturated carbocycles. The number of carbonyl (C=O) groups excluding carboxylic acids is 2. The minimum absolute atomic E-state index is 0.0708. The highest BCUT2D eigenvalue weighted by Gasteiger charge is 2.19. The normalized spacial score (nSPS) is 13.9. The molecule has 1 saturated heterocycles. The molecule has 194 valence electrons. The van der Waals surface area contributed by atoms with Gasteiger partial charge in [-0.3, -0.25) is 14.5 Å². The Labute approximate surface area is 210 Å². The first-order chi connectivity index (χ1) is 17.7. The van der Waals surface area contributed by atoms with Crippen molar-refractivity contribution in [1.29, 1.82) is 0 Å². The van der Waals surface area contributed by atoms with E-state index in [0.717, 1.165) is 37.9 Å². The number of hydrogen-bond acceptors (Lipinski definition) is 8. The second-order valence-corrected chi connectivity index (χ2v) is 8.40. The van der Waals surface area contributed by atoms with Crippen LogP contribution in [0.4, 0.5) is 36.3 Å². The predicted octanol–water partition coefficient (Wildman–Crippen LogP) is 1.96. The largest absolute Gasteiger partial charge is 0.369 e. The van der Waals surface area contributed by atoms with Gasteiger partial charge in [0.2, 0.25) is 11.9 Å². The molecule has 2 heterocycles. The molecular weight excluding hydrogens is 489 g/mol. The third-order valence-electron chi connectivity index (χ3n) is 5.87. The van der Waals surface area contributed by atoms with Crippen LogP contribution in [0, 0.1) is 17.5 Å². The zero-order valence-electron chi connectivity index (χ0n) is 19.7. The quantitative estimate of drug-likeness (QED) is 0.318. The summed E-state index contributed by atoms with van der Waals surface area (Å²) in [5, 5.41) is 5.63. The van der Waals surface area contributed by atoms with Crippen molar-refractivity contribution < 1.29 is 22.8 Å². The number of hydrogen-bond donors (Lipinski definition) is 4. The molecule has 6 N–H and O–H groups in total. The number of carbonyl (C=O) groups is 2. The molecule has 3 aromatic rings. The number of primary amides is 2. The van der Waals surface area contributed by atoms with Gasteiger partial charge in [0.05, 0.1) is 12.1 Å². The molecule has 13 heteroatoms. The van der Waals surface area contributed by atoms with Gasteiger partial charge in [-0.05, 0) is 36.4 Å². The first kappa shape index (κ1) is 25.7. The van der Waals surface area contributed by atoms with Crippen LogP contribution in [-0.2, 0) is 11.3 Å². The van der Waals surface area contributed by atoms with Crippen molar-refractivity contribution in [3.8, 4) is 0 Å². The molecule has 2 amide bonds. The van der Waals surface area contributed by atoms with Crippen LogP contribution in [0.5, 0.6) is 0 Å². The summed E-state index contributed by atoms with van der Waals surface area (Å²) in [5.41, 5.74) is 11.6. The summed E-state index contributed by atoms with van der Waals surface area (Å²) in [4.78, 5) is 35.4. The maximum Gasteiger partial charge on any atom is 0.254 e. The summed E-state index contributed by atoms with van der Waals surface area (Å²) in [6, 6.07) is 8.96. The van der Waals surface area contributed by atoms with E-state index in [1.54, 1.807) is 0 Å². The fourth-order valence-corrected chi connectivity index (χ4v) is 3.93. The van der Waals surface area contributed by atoms with Crippen LogP contribution >= 0.6 is 0 Å². The van der Waals surface area contributed by atoms with Crippen LogP contribution in [0.1, 0.15) is 15.9 Å². The zero-order valence-corrected chi connectivity index (χ0v) is 19.7. The van der Waals surface area contributed by atoms with Crippen LogP contribution < -0.4 is 27.0 Å². The Morgan fingerprint density at radius 3 is 2.27 bits per heavy atom. The summed E-state index contributed by atoms with van der Waals surface area (Å²) < 4.78 is 41.5. The standard InChI is InChI=1S/C24H25F3N8O2/c25-18-5-6-19(26)21(27)16(18)11-30-23-17(22(29)37)12-31-24(33-23)32-14-1-3-15(4-2-14)35-9-7-34(8-10-35)13-20(28)36/h1-6,12H,7-11,13H2,(H2,28,36)(H2,29,37)(H2,30,31,32,33). The molecule has 0 unspecified atom stereocenters. The number of aromatic nitrogens is 2. The van der Waals surface area contributed by atoms with Crippen LogP contribution in [0.25, 0.3) is 0 Å². The lowest BCUT2D eigenvalue weighted by Gasteiger charge is -2.35. The number of amides is 2. The number of halogens is 3. The topological polar surface area (TPSA) is 142 Å². The molecule has 0 atom stereocenters. The Kier molecular flexibility index (Phi) is 7.72. The van der Waals surface area contributed by atoms with Crippen LogP contribution in [-0.4, -0.2) is 59.4 Å². The van der Waals surface area contributed by atoms with Crippen molar-refractivity contribution >= 4 is 35.0 Å². The van der Waals surface area contributed by atoms with E-state index in [0.29, 0.717) is 11.8 Å². The van der Waals surface area contributed by atoms with Crippen molar-refractivity contribution in [2.24, 2.45) is 11.5 Å². The Morgan fingerprint density at radius 1 is 0.946 bits per heavy atom. The Bertz CT molecular complexity index is 1300. The number of anilines is 4. The average molecular weight is 515 g/mol. The van der Waals surface area contributed by atoms with Gasteiger partial charge in [-0.15, -0.1) is 0 Å². The lowest BCUT2D eigenvalue weighted by Crippen LogP contribution is -2.48. The van der Waals surface area contributed by atoms with Crippen molar-refractivity contribution in [1.82, 2.24) is 14.9 Å². The molecule has 1 aliphatic rings. The zero-order chi connectivity index (χ0) is 26.5. The highest BCUT2D eigenvalue weighted by Crippen LogP contribution is 2.23. The number of piperazine rings is 1. The maximum atomic E-state index is 14.0. The summed E-state index contributed by atoms with van der Waals surface area (Å²) in [7, 11) is 0. The molecule has 1 aromatic heterocycles. The molecule has 10 nitrogen and oxygen atoms in total. The maximum absolute atomic E-state index is 14.0. The molecule has 1 aliphatic heterocycles. The first-order valence-electron chi connectivity index (χ1n) is 11.4. The van der Waals surface area contributed by atoms with Gasteiger partial charge in [0.15, 0.2) is 11.6 Å². The molecule has 2 aromatic carbocycles. The summed E-state index contributed by atoms with van der Waals surface area (Å²) in [6.07, 6.45) is 1.18. The van der Waals surface area contributed by atoms with Gasteiger partial charge in [-0.1, -0.05) is 0 Å². The number of nitrogens with two attached hydrogens (primary N) is 2. The smallest absolute Gasteiger partial charge is 0.254 e. The van der Waals surface area contributed by atoms with Crippen molar-refractivity contribution in [3.05, 3.63) is 71.2 Å². The SMILES string of the molecule is NC(=O)CN1CCN(c2ccc(Nc3ncc(C(N)=O)c(NCc4c(F)ccc(F)c4F)n3)cc2)CC1. The van der Waals surface area contributed by atoms with E-state index in [1.165, 1.54) is 6.20 Å². The molecular formula is C24H25F3N8O2. The second-order valence-electron chi connectivity index (χ2n) is 8.40. The molecule has 0 bridgehead atoms.